The van der Waals surface area contributed by atoms with E-state index in [4.69, 9.17) is 22.1 Å². The van der Waals surface area contributed by atoms with Crippen LogP contribution < -0.4 is 10.5 Å². The summed E-state index contributed by atoms with van der Waals surface area (Å²) in [7, 11) is 0. The molecule has 2 rings (SSSR count). The molecule has 2 aromatic carbocycles. The van der Waals surface area contributed by atoms with E-state index in [1.54, 1.807) is 12.1 Å². The molecule has 0 fully saturated rings. The minimum atomic E-state index is 0.445. The molecule has 0 atom stereocenters. The molecule has 0 aliphatic rings. The summed E-state index contributed by atoms with van der Waals surface area (Å²) in [5.41, 5.74) is 7.81. The summed E-state index contributed by atoms with van der Waals surface area (Å²) >= 11 is 9.33. The highest BCUT2D eigenvalue weighted by molar-refractivity contribution is 9.10. The van der Waals surface area contributed by atoms with Crippen LogP contribution in [0.25, 0.3) is 0 Å². The van der Waals surface area contributed by atoms with Gasteiger partial charge in [-0.15, -0.1) is 0 Å². The molecule has 18 heavy (non-hydrogen) atoms. The molecule has 4 heteroatoms. The van der Waals surface area contributed by atoms with Crippen LogP contribution in [0.4, 0.5) is 0 Å². The van der Waals surface area contributed by atoms with Gasteiger partial charge < -0.3 is 10.5 Å². The Morgan fingerprint density at radius 1 is 1.17 bits per heavy atom. The quantitative estimate of drug-likeness (QED) is 0.890. The molecule has 0 bridgehead atoms. The SMILES string of the molecule is Cc1ccc(CN)c(Oc2ccc(Cl)cc2Br)c1. The van der Waals surface area contributed by atoms with Crippen LogP contribution in [-0.4, -0.2) is 0 Å². The second-order valence-electron chi connectivity index (χ2n) is 3.99. The van der Waals surface area contributed by atoms with E-state index in [2.05, 4.69) is 15.9 Å². The highest BCUT2D eigenvalue weighted by Crippen LogP contribution is 2.33. The maximum atomic E-state index is 5.90. The third-order valence-electron chi connectivity index (χ3n) is 2.56. The van der Waals surface area contributed by atoms with Crippen molar-refractivity contribution in [2.45, 2.75) is 13.5 Å². The monoisotopic (exact) mass is 325 g/mol. The third-order valence-corrected chi connectivity index (χ3v) is 3.41. The summed E-state index contributed by atoms with van der Waals surface area (Å²) in [4.78, 5) is 0. The highest BCUT2D eigenvalue weighted by atomic mass is 79.9. The molecular formula is C14H13BrClNO. The average Bonchev–Trinajstić information content (AvgIpc) is 2.33. The number of rotatable bonds is 3. The first kappa shape index (κ1) is 13.4. The van der Waals surface area contributed by atoms with Crippen molar-refractivity contribution >= 4 is 27.5 Å². The summed E-state index contributed by atoms with van der Waals surface area (Å²) in [6.45, 7) is 2.46. The van der Waals surface area contributed by atoms with Crippen molar-refractivity contribution in [1.82, 2.24) is 0 Å². The fraction of sp³-hybridized carbons (Fsp3) is 0.143. The van der Waals surface area contributed by atoms with Crippen molar-refractivity contribution in [2.75, 3.05) is 0 Å². The van der Waals surface area contributed by atoms with Crippen LogP contribution in [0.3, 0.4) is 0 Å². The molecular weight excluding hydrogens is 314 g/mol. The van der Waals surface area contributed by atoms with Gasteiger partial charge in [-0.3, -0.25) is 0 Å². The van der Waals surface area contributed by atoms with Crippen molar-refractivity contribution in [2.24, 2.45) is 5.73 Å². The van der Waals surface area contributed by atoms with Crippen LogP contribution in [0.1, 0.15) is 11.1 Å². The molecule has 0 aliphatic heterocycles. The van der Waals surface area contributed by atoms with Gasteiger partial charge in [0.2, 0.25) is 0 Å². The van der Waals surface area contributed by atoms with E-state index >= 15 is 0 Å². The molecule has 0 unspecified atom stereocenters. The molecule has 0 spiro atoms. The molecule has 94 valence electrons. The number of benzene rings is 2. The van der Waals surface area contributed by atoms with Crippen molar-refractivity contribution < 1.29 is 4.74 Å². The first-order valence-electron chi connectivity index (χ1n) is 5.52. The predicted molar refractivity (Wildman–Crippen MR) is 78.3 cm³/mol. The second-order valence-corrected chi connectivity index (χ2v) is 5.28. The van der Waals surface area contributed by atoms with E-state index in [-0.39, 0.29) is 0 Å². The molecule has 0 aliphatic carbocycles. The van der Waals surface area contributed by atoms with Gasteiger partial charge in [0.15, 0.2) is 0 Å². The lowest BCUT2D eigenvalue weighted by molar-refractivity contribution is 0.473. The topological polar surface area (TPSA) is 35.2 Å². The molecule has 0 amide bonds. The molecule has 0 aromatic heterocycles. The van der Waals surface area contributed by atoms with E-state index in [1.807, 2.05) is 31.2 Å². The number of halogens is 2. The van der Waals surface area contributed by atoms with Crippen LogP contribution in [-0.2, 0) is 6.54 Å². The number of aryl methyl sites for hydroxylation is 1. The molecule has 2 N–H and O–H groups in total. The largest absolute Gasteiger partial charge is 0.456 e. The first-order valence-corrected chi connectivity index (χ1v) is 6.70. The smallest absolute Gasteiger partial charge is 0.141 e. The van der Waals surface area contributed by atoms with E-state index in [0.717, 1.165) is 27.1 Å². The summed E-state index contributed by atoms with van der Waals surface area (Å²) in [5, 5.41) is 0.664. The molecule has 0 saturated heterocycles. The van der Waals surface area contributed by atoms with Gasteiger partial charge in [-0.05, 0) is 52.7 Å². The van der Waals surface area contributed by atoms with Gasteiger partial charge in [-0.25, -0.2) is 0 Å². The fourth-order valence-electron chi connectivity index (χ4n) is 1.60. The molecule has 2 aromatic rings. The summed E-state index contributed by atoms with van der Waals surface area (Å²) < 4.78 is 6.70. The highest BCUT2D eigenvalue weighted by Gasteiger charge is 2.07. The fourth-order valence-corrected chi connectivity index (χ4v) is 2.37. The van der Waals surface area contributed by atoms with Gasteiger partial charge in [-0.2, -0.15) is 0 Å². The Bertz CT molecular complexity index is 572. The molecule has 0 heterocycles. The normalized spacial score (nSPS) is 10.4. The molecule has 0 saturated carbocycles. The number of nitrogens with two attached hydrogens (primary N) is 1. The number of hydrogen-bond acceptors (Lipinski definition) is 2. The van der Waals surface area contributed by atoms with Crippen molar-refractivity contribution in [3.63, 3.8) is 0 Å². The van der Waals surface area contributed by atoms with Gasteiger partial charge in [0.25, 0.3) is 0 Å². The minimum absolute atomic E-state index is 0.445. The Kier molecular flexibility index (Phi) is 4.27. The van der Waals surface area contributed by atoms with Gasteiger partial charge in [0.05, 0.1) is 4.47 Å². The zero-order valence-corrected chi connectivity index (χ0v) is 12.3. The third kappa shape index (κ3) is 3.05. The van der Waals surface area contributed by atoms with Crippen molar-refractivity contribution in [3.05, 3.63) is 57.0 Å². The van der Waals surface area contributed by atoms with E-state index in [0.29, 0.717) is 11.6 Å². The lowest BCUT2D eigenvalue weighted by atomic mass is 10.1. The van der Waals surface area contributed by atoms with E-state index in [9.17, 15) is 0 Å². The van der Waals surface area contributed by atoms with Crippen molar-refractivity contribution in [1.29, 1.82) is 0 Å². The standard InChI is InChI=1S/C14H13BrClNO/c1-9-2-3-10(8-17)14(6-9)18-13-5-4-11(16)7-12(13)15/h2-7H,8,17H2,1H3. The van der Waals surface area contributed by atoms with Crippen LogP contribution in [0.2, 0.25) is 5.02 Å². The van der Waals surface area contributed by atoms with Gasteiger partial charge in [0.1, 0.15) is 11.5 Å². The Morgan fingerprint density at radius 2 is 1.94 bits per heavy atom. The maximum Gasteiger partial charge on any atom is 0.141 e. The number of hydrogen-bond donors (Lipinski definition) is 1. The lowest BCUT2D eigenvalue weighted by Crippen LogP contribution is -2.00. The van der Waals surface area contributed by atoms with Gasteiger partial charge in [-0.1, -0.05) is 23.7 Å². The van der Waals surface area contributed by atoms with E-state index < -0.39 is 0 Å². The average molecular weight is 327 g/mol. The van der Waals surface area contributed by atoms with Gasteiger partial charge >= 0.3 is 0 Å². The molecule has 2 nitrogen and oxygen atoms in total. The second kappa shape index (κ2) is 5.74. The summed E-state index contributed by atoms with van der Waals surface area (Å²) in [6.07, 6.45) is 0. The molecule has 0 radical (unpaired) electrons. The summed E-state index contributed by atoms with van der Waals surface area (Å²) in [6, 6.07) is 11.4. The van der Waals surface area contributed by atoms with Crippen LogP contribution in [0.5, 0.6) is 11.5 Å². The van der Waals surface area contributed by atoms with Crippen molar-refractivity contribution in [3.8, 4) is 11.5 Å². The zero-order valence-electron chi connectivity index (χ0n) is 9.91. The summed E-state index contributed by atoms with van der Waals surface area (Å²) in [5.74, 6) is 1.50. The number of ether oxygens (including phenoxy) is 1. The Hall–Kier alpha value is -1.03. The van der Waals surface area contributed by atoms with Crippen LogP contribution in [0.15, 0.2) is 40.9 Å². The van der Waals surface area contributed by atoms with E-state index in [1.165, 1.54) is 0 Å². The lowest BCUT2D eigenvalue weighted by Gasteiger charge is -2.12. The van der Waals surface area contributed by atoms with Gasteiger partial charge in [0, 0.05) is 17.1 Å². The zero-order chi connectivity index (χ0) is 13.1. The minimum Gasteiger partial charge on any atom is -0.456 e. The first-order chi connectivity index (χ1) is 8.60. The predicted octanol–water partition coefficient (Wildman–Crippen LogP) is 4.66. The maximum absolute atomic E-state index is 5.90. The Labute approximate surface area is 120 Å². The Balaban J connectivity index is 2.36. The van der Waals surface area contributed by atoms with Crippen LogP contribution >= 0.6 is 27.5 Å². The van der Waals surface area contributed by atoms with Crippen LogP contribution in [0, 0.1) is 6.92 Å². The Morgan fingerprint density at radius 3 is 2.61 bits per heavy atom.